The largest absolute Gasteiger partial charge is 0.497 e. The Hall–Kier alpha value is -2.40. The molecule has 0 saturated carbocycles. The number of methoxy groups -OCH3 is 3. The lowest BCUT2D eigenvalue weighted by molar-refractivity contribution is 0.0925. The van der Waals surface area contributed by atoms with Gasteiger partial charge in [0, 0.05) is 5.56 Å². The summed E-state index contributed by atoms with van der Waals surface area (Å²) in [7, 11) is 4.63. The van der Waals surface area contributed by atoms with Gasteiger partial charge in [-0.15, -0.1) is 0 Å². The third-order valence-electron chi connectivity index (χ3n) is 4.12. The highest BCUT2D eigenvalue weighted by molar-refractivity contribution is 6.32. The molecule has 0 saturated heterocycles. The quantitative estimate of drug-likeness (QED) is 0.772. The average Bonchev–Trinajstić information content (AvgIpc) is 2.65. The summed E-state index contributed by atoms with van der Waals surface area (Å²) in [5.41, 5.74) is 1.41. The van der Waals surface area contributed by atoms with Crippen molar-refractivity contribution in [2.75, 3.05) is 21.3 Å². The molecule has 0 aliphatic rings. The van der Waals surface area contributed by atoms with Crippen molar-refractivity contribution < 1.29 is 19.0 Å². The molecule has 2 aromatic carbocycles. The van der Waals surface area contributed by atoms with Crippen LogP contribution in [0.3, 0.4) is 0 Å². The minimum atomic E-state index is -0.234. The average molecular weight is 378 g/mol. The van der Waals surface area contributed by atoms with Crippen molar-refractivity contribution in [3.05, 3.63) is 52.5 Å². The van der Waals surface area contributed by atoms with E-state index in [0.29, 0.717) is 22.1 Å². The van der Waals surface area contributed by atoms with Gasteiger partial charge >= 0.3 is 0 Å². The smallest absolute Gasteiger partial charge is 0.251 e. The third-order valence-corrected chi connectivity index (χ3v) is 4.40. The van der Waals surface area contributed by atoms with E-state index >= 15 is 0 Å². The van der Waals surface area contributed by atoms with E-state index in [1.807, 2.05) is 24.3 Å². The van der Waals surface area contributed by atoms with Crippen LogP contribution in [-0.4, -0.2) is 27.2 Å². The zero-order valence-electron chi connectivity index (χ0n) is 15.6. The van der Waals surface area contributed by atoms with Gasteiger partial charge in [-0.05, 0) is 35.7 Å². The first-order valence-electron chi connectivity index (χ1n) is 8.27. The van der Waals surface area contributed by atoms with Crippen molar-refractivity contribution in [2.45, 2.75) is 19.9 Å². The molecule has 1 N–H and O–H groups in total. The Labute approximate surface area is 159 Å². The van der Waals surface area contributed by atoms with Crippen LogP contribution in [0.15, 0.2) is 36.4 Å². The molecule has 6 heteroatoms. The molecule has 26 heavy (non-hydrogen) atoms. The molecule has 2 rings (SSSR count). The molecule has 0 heterocycles. The summed E-state index contributed by atoms with van der Waals surface area (Å²) in [5.74, 6) is 1.55. The first kappa shape index (κ1) is 19.9. The summed E-state index contributed by atoms with van der Waals surface area (Å²) in [4.78, 5) is 12.8. The highest BCUT2D eigenvalue weighted by Crippen LogP contribution is 2.36. The van der Waals surface area contributed by atoms with Crippen molar-refractivity contribution in [2.24, 2.45) is 5.92 Å². The molecule has 1 unspecified atom stereocenters. The van der Waals surface area contributed by atoms with Gasteiger partial charge in [0.2, 0.25) is 0 Å². The van der Waals surface area contributed by atoms with E-state index in [1.165, 1.54) is 14.2 Å². The van der Waals surface area contributed by atoms with Gasteiger partial charge in [0.05, 0.1) is 32.4 Å². The summed E-state index contributed by atoms with van der Waals surface area (Å²) in [6, 6.07) is 10.7. The van der Waals surface area contributed by atoms with E-state index < -0.39 is 0 Å². The normalized spacial score (nSPS) is 11.8. The fourth-order valence-corrected chi connectivity index (χ4v) is 3.01. The predicted octanol–water partition coefficient (Wildman–Crippen LogP) is 4.49. The van der Waals surface area contributed by atoms with E-state index in [4.69, 9.17) is 25.8 Å². The summed E-state index contributed by atoms with van der Waals surface area (Å²) in [6.45, 7) is 4.10. The van der Waals surface area contributed by atoms with E-state index in [9.17, 15) is 4.79 Å². The molecule has 0 bridgehead atoms. The van der Waals surface area contributed by atoms with Crippen LogP contribution in [0, 0.1) is 5.92 Å². The Kier molecular flexibility index (Phi) is 6.75. The van der Waals surface area contributed by atoms with Gasteiger partial charge in [-0.1, -0.05) is 37.6 Å². The van der Waals surface area contributed by atoms with E-state index in [-0.39, 0.29) is 17.9 Å². The molecule has 0 fully saturated rings. The number of halogens is 1. The number of amides is 1. The fraction of sp³-hybridized carbons (Fsp3) is 0.350. The molecule has 2 aromatic rings. The maximum atomic E-state index is 12.8. The summed E-state index contributed by atoms with van der Waals surface area (Å²) < 4.78 is 15.7. The molecular formula is C20H24ClNO4. The van der Waals surface area contributed by atoms with Gasteiger partial charge in [-0.3, -0.25) is 4.79 Å². The number of nitrogens with one attached hydrogen (secondary N) is 1. The standard InChI is InChI=1S/C20H24ClNO4/c1-12(2)18(13-6-8-15(24-3)9-7-13)22-20(23)14-10-16(21)19(26-5)17(11-14)25-4/h6-12,18H,1-5H3,(H,22,23). The Morgan fingerprint density at radius 2 is 1.65 bits per heavy atom. The van der Waals surface area contributed by atoms with Gasteiger partial charge in [-0.25, -0.2) is 0 Å². The second-order valence-corrected chi connectivity index (χ2v) is 6.57. The molecule has 1 amide bonds. The van der Waals surface area contributed by atoms with Gasteiger partial charge < -0.3 is 19.5 Å². The minimum absolute atomic E-state index is 0.153. The number of ether oxygens (including phenoxy) is 3. The van der Waals surface area contributed by atoms with Crippen molar-refractivity contribution in [3.8, 4) is 17.2 Å². The summed E-state index contributed by atoms with van der Waals surface area (Å²) in [6.07, 6.45) is 0. The van der Waals surface area contributed by atoms with Gasteiger partial charge in [0.15, 0.2) is 11.5 Å². The summed E-state index contributed by atoms with van der Waals surface area (Å²) >= 11 is 6.21. The molecular weight excluding hydrogens is 354 g/mol. The monoisotopic (exact) mass is 377 g/mol. The van der Waals surface area contributed by atoms with Crippen molar-refractivity contribution in [1.82, 2.24) is 5.32 Å². The van der Waals surface area contributed by atoms with Crippen molar-refractivity contribution in [3.63, 3.8) is 0 Å². The van der Waals surface area contributed by atoms with Crippen LogP contribution >= 0.6 is 11.6 Å². The van der Waals surface area contributed by atoms with Gasteiger partial charge in [0.1, 0.15) is 5.75 Å². The Morgan fingerprint density at radius 1 is 1.00 bits per heavy atom. The Morgan fingerprint density at radius 3 is 2.15 bits per heavy atom. The van der Waals surface area contributed by atoms with Crippen LogP contribution in [-0.2, 0) is 0 Å². The van der Waals surface area contributed by atoms with Crippen LogP contribution < -0.4 is 19.5 Å². The van der Waals surface area contributed by atoms with Gasteiger partial charge in [-0.2, -0.15) is 0 Å². The first-order valence-corrected chi connectivity index (χ1v) is 8.65. The minimum Gasteiger partial charge on any atom is -0.497 e. The summed E-state index contributed by atoms with van der Waals surface area (Å²) in [5, 5.41) is 3.39. The number of hydrogen-bond acceptors (Lipinski definition) is 4. The molecule has 0 aliphatic heterocycles. The zero-order valence-corrected chi connectivity index (χ0v) is 16.4. The molecule has 1 atom stereocenters. The zero-order chi connectivity index (χ0) is 19.3. The number of carbonyl (C=O) groups excluding carboxylic acids is 1. The number of rotatable bonds is 7. The fourth-order valence-electron chi connectivity index (χ4n) is 2.72. The lowest BCUT2D eigenvalue weighted by atomic mass is 9.95. The maximum absolute atomic E-state index is 12.8. The van der Waals surface area contributed by atoms with Crippen LogP contribution in [0.25, 0.3) is 0 Å². The molecule has 0 radical (unpaired) electrons. The highest BCUT2D eigenvalue weighted by Gasteiger charge is 2.21. The maximum Gasteiger partial charge on any atom is 0.251 e. The highest BCUT2D eigenvalue weighted by atomic mass is 35.5. The number of benzene rings is 2. The number of hydrogen-bond donors (Lipinski definition) is 1. The lowest BCUT2D eigenvalue weighted by Gasteiger charge is -2.23. The lowest BCUT2D eigenvalue weighted by Crippen LogP contribution is -2.31. The molecule has 140 valence electrons. The van der Waals surface area contributed by atoms with Crippen LogP contribution in [0.5, 0.6) is 17.2 Å². The van der Waals surface area contributed by atoms with E-state index in [0.717, 1.165) is 11.3 Å². The van der Waals surface area contributed by atoms with E-state index in [1.54, 1.807) is 19.2 Å². The third kappa shape index (κ3) is 4.41. The number of carbonyl (C=O) groups is 1. The second-order valence-electron chi connectivity index (χ2n) is 6.16. The van der Waals surface area contributed by atoms with Crippen molar-refractivity contribution in [1.29, 1.82) is 0 Å². The first-order chi connectivity index (χ1) is 12.4. The van der Waals surface area contributed by atoms with Crippen LogP contribution in [0.1, 0.15) is 35.8 Å². The predicted molar refractivity (Wildman–Crippen MR) is 103 cm³/mol. The molecule has 0 aromatic heterocycles. The molecule has 5 nitrogen and oxygen atoms in total. The second kappa shape index (κ2) is 8.81. The van der Waals surface area contributed by atoms with Crippen molar-refractivity contribution >= 4 is 17.5 Å². The SMILES string of the molecule is COc1ccc(C(NC(=O)c2cc(Cl)c(OC)c(OC)c2)C(C)C)cc1. The molecule has 0 aliphatic carbocycles. The topological polar surface area (TPSA) is 56.8 Å². The van der Waals surface area contributed by atoms with Crippen LogP contribution in [0.4, 0.5) is 0 Å². The van der Waals surface area contributed by atoms with E-state index in [2.05, 4.69) is 19.2 Å². The van der Waals surface area contributed by atoms with Gasteiger partial charge in [0.25, 0.3) is 5.91 Å². The van der Waals surface area contributed by atoms with Crippen LogP contribution in [0.2, 0.25) is 5.02 Å². The molecule has 0 spiro atoms. The Balaban J connectivity index is 2.28. The Bertz CT molecular complexity index is 759.